The minimum atomic E-state index is 0.126. The van der Waals surface area contributed by atoms with Crippen molar-refractivity contribution in [1.82, 2.24) is 5.32 Å². The van der Waals surface area contributed by atoms with Crippen LogP contribution in [0, 0.1) is 12.8 Å². The molecule has 138 valence electrons. The first kappa shape index (κ1) is 18.3. The largest absolute Gasteiger partial charge is 0.497 e. The van der Waals surface area contributed by atoms with E-state index in [0.29, 0.717) is 12.3 Å². The van der Waals surface area contributed by atoms with Crippen LogP contribution in [0.15, 0.2) is 48.5 Å². The average Bonchev–Trinajstić information content (AvgIpc) is 3.14. The SMILES string of the molecule is COc1cccc(CCC(=O)NCC2CCN(c3ccc(C)cc3)C2)c1. The van der Waals surface area contributed by atoms with Crippen LogP contribution in [0.3, 0.4) is 0 Å². The quantitative estimate of drug-likeness (QED) is 0.828. The Balaban J connectivity index is 1.40. The van der Waals surface area contributed by atoms with Crippen LogP contribution in [0.5, 0.6) is 5.75 Å². The predicted molar refractivity (Wildman–Crippen MR) is 106 cm³/mol. The van der Waals surface area contributed by atoms with Gasteiger partial charge in [-0.25, -0.2) is 0 Å². The van der Waals surface area contributed by atoms with Gasteiger partial charge in [-0.3, -0.25) is 4.79 Å². The number of benzene rings is 2. The number of nitrogens with one attached hydrogen (secondary N) is 1. The van der Waals surface area contributed by atoms with Crippen molar-refractivity contribution in [3.8, 4) is 5.75 Å². The molecule has 1 aliphatic heterocycles. The lowest BCUT2D eigenvalue weighted by atomic mass is 10.1. The number of carbonyl (C=O) groups is 1. The fourth-order valence-electron chi connectivity index (χ4n) is 3.42. The topological polar surface area (TPSA) is 41.6 Å². The second-order valence-electron chi connectivity index (χ2n) is 7.09. The Bertz CT molecular complexity index is 727. The van der Waals surface area contributed by atoms with Crippen LogP contribution in [0.25, 0.3) is 0 Å². The number of methoxy groups -OCH3 is 1. The number of anilines is 1. The van der Waals surface area contributed by atoms with Crippen LogP contribution in [0.4, 0.5) is 5.69 Å². The molecule has 2 aromatic rings. The predicted octanol–water partition coefficient (Wildman–Crippen LogP) is 3.58. The molecule has 2 aromatic carbocycles. The van der Waals surface area contributed by atoms with Gasteiger partial charge >= 0.3 is 0 Å². The maximum atomic E-state index is 12.2. The van der Waals surface area contributed by atoms with E-state index in [2.05, 4.69) is 41.4 Å². The normalized spacial score (nSPS) is 16.5. The zero-order valence-corrected chi connectivity index (χ0v) is 15.7. The van der Waals surface area contributed by atoms with Crippen molar-refractivity contribution in [2.75, 3.05) is 31.6 Å². The molecular weight excluding hydrogens is 324 g/mol. The molecule has 0 saturated carbocycles. The summed E-state index contributed by atoms with van der Waals surface area (Å²) in [7, 11) is 1.66. The molecule has 0 aliphatic carbocycles. The highest BCUT2D eigenvalue weighted by molar-refractivity contribution is 5.76. The van der Waals surface area contributed by atoms with Crippen molar-refractivity contribution in [2.24, 2.45) is 5.92 Å². The van der Waals surface area contributed by atoms with E-state index in [1.165, 1.54) is 11.3 Å². The molecule has 1 saturated heterocycles. The minimum absolute atomic E-state index is 0.126. The minimum Gasteiger partial charge on any atom is -0.497 e. The van der Waals surface area contributed by atoms with Crippen molar-refractivity contribution >= 4 is 11.6 Å². The van der Waals surface area contributed by atoms with E-state index in [-0.39, 0.29) is 5.91 Å². The van der Waals surface area contributed by atoms with Crippen molar-refractivity contribution in [3.05, 3.63) is 59.7 Å². The summed E-state index contributed by atoms with van der Waals surface area (Å²) in [5.41, 5.74) is 3.70. The third kappa shape index (κ3) is 5.01. The summed E-state index contributed by atoms with van der Waals surface area (Å²) < 4.78 is 5.22. The van der Waals surface area contributed by atoms with Crippen LogP contribution < -0.4 is 15.0 Å². The zero-order chi connectivity index (χ0) is 18.4. The summed E-state index contributed by atoms with van der Waals surface area (Å²) in [6.07, 6.45) is 2.38. The lowest BCUT2D eigenvalue weighted by Gasteiger charge is -2.19. The molecule has 0 aromatic heterocycles. The van der Waals surface area contributed by atoms with Crippen LogP contribution in [-0.2, 0) is 11.2 Å². The third-order valence-corrected chi connectivity index (χ3v) is 5.05. The Kier molecular flexibility index (Phi) is 6.16. The van der Waals surface area contributed by atoms with E-state index in [4.69, 9.17) is 4.74 Å². The van der Waals surface area contributed by atoms with Crippen molar-refractivity contribution in [3.63, 3.8) is 0 Å². The summed E-state index contributed by atoms with van der Waals surface area (Å²) in [4.78, 5) is 14.6. The van der Waals surface area contributed by atoms with Crippen LogP contribution in [0.2, 0.25) is 0 Å². The number of aryl methyl sites for hydroxylation is 2. The van der Waals surface area contributed by atoms with Gasteiger partial charge < -0.3 is 15.0 Å². The van der Waals surface area contributed by atoms with Gasteiger partial charge in [0.1, 0.15) is 5.75 Å². The Hall–Kier alpha value is -2.49. The molecule has 0 radical (unpaired) electrons. The fourth-order valence-corrected chi connectivity index (χ4v) is 3.42. The average molecular weight is 352 g/mol. The first-order chi connectivity index (χ1) is 12.6. The lowest BCUT2D eigenvalue weighted by Crippen LogP contribution is -2.31. The number of hydrogen-bond acceptors (Lipinski definition) is 3. The van der Waals surface area contributed by atoms with E-state index >= 15 is 0 Å². The molecule has 1 heterocycles. The van der Waals surface area contributed by atoms with Gasteiger partial charge in [0, 0.05) is 31.7 Å². The molecule has 1 N–H and O–H groups in total. The van der Waals surface area contributed by atoms with Gasteiger partial charge in [0.05, 0.1) is 7.11 Å². The number of ether oxygens (including phenoxy) is 1. The van der Waals surface area contributed by atoms with E-state index < -0.39 is 0 Å². The second-order valence-corrected chi connectivity index (χ2v) is 7.09. The summed E-state index contributed by atoms with van der Waals surface area (Å²) in [5.74, 6) is 1.49. The van der Waals surface area contributed by atoms with Crippen LogP contribution >= 0.6 is 0 Å². The van der Waals surface area contributed by atoms with E-state index in [1.54, 1.807) is 7.11 Å². The molecule has 4 heteroatoms. The van der Waals surface area contributed by atoms with Crippen molar-refractivity contribution < 1.29 is 9.53 Å². The number of rotatable bonds is 7. The molecule has 1 aliphatic rings. The van der Waals surface area contributed by atoms with Gasteiger partial charge in [0.2, 0.25) is 5.91 Å². The van der Waals surface area contributed by atoms with Gasteiger partial charge in [-0.15, -0.1) is 0 Å². The van der Waals surface area contributed by atoms with Crippen molar-refractivity contribution in [1.29, 1.82) is 0 Å². The molecule has 3 rings (SSSR count). The van der Waals surface area contributed by atoms with Gasteiger partial charge in [-0.1, -0.05) is 29.8 Å². The highest BCUT2D eigenvalue weighted by atomic mass is 16.5. The standard InChI is InChI=1S/C22H28N2O2/c1-17-6-9-20(10-7-17)24-13-12-19(16-24)15-23-22(25)11-8-18-4-3-5-21(14-18)26-2/h3-7,9-10,14,19H,8,11-13,15-16H2,1-2H3,(H,23,25). The zero-order valence-electron chi connectivity index (χ0n) is 15.7. The van der Waals surface area contributed by atoms with E-state index in [9.17, 15) is 4.79 Å². The summed E-state index contributed by atoms with van der Waals surface area (Å²) in [6.45, 7) is 4.95. The first-order valence-electron chi connectivity index (χ1n) is 9.35. The van der Waals surface area contributed by atoms with Gasteiger partial charge in [0.15, 0.2) is 0 Å². The summed E-state index contributed by atoms with van der Waals surface area (Å²) >= 11 is 0. The van der Waals surface area contributed by atoms with Crippen LogP contribution in [-0.4, -0.2) is 32.7 Å². The van der Waals surface area contributed by atoms with E-state index in [1.807, 2.05) is 24.3 Å². The first-order valence-corrected chi connectivity index (χ1v) is 9.35. The Morgan fingerprint density at radius 1 is 1.23 bits per heavy atom. The fraction of sp³-hybridized carbons (Fsp3) is 0.409. The summed E-state index contributed by atoms with van der Waals surface area (Å²) in [5, 5.41) is 3.11. The number of carbonyl (C=O) groups excluding carboxylic acids is 1. The molecule has 0 spiro atoms. The lowest BCUT2D eigenvalue weighted by molar-refractivity contribution is -0.121. The maximum absolute atomic E-state index is 12.2. The summed E-state index contributed by atoms with van der Waals surface area (Å²) in [6, 6.07) is 16.6. The highest BCUT2D eigenvalue weighted by Gasteiger charge is 2.22. The van der Waals surface area contributed by atoms with Gasteiger partial charge in [-0.05, 0) is 55.5 Å². The molecule has 1 fully saturated rings. The smallest absolute Gasteiger partial charge is 0.220 e. The van der Waals surface area contributed by atoms with Gasteiger partial charge in [-0.2, -0.15) is 0 Å². The number of amides is 1. The van der Waals surface area contributed by atoms with E-state index in [0.717, 1.165) is 43.8 Å². The molecule has 1 atom stereocenters. The molecule has 4 nitrogen and oxygen atoms in total. The Labute approximate surface area is 156 Å². The Morgan fingerprint density at radius 3 is 2.81 bits per heavy atom. The molecule has 1 amide bonds. The molecule has 26 heavy (non-hydrogen) atoms. The molecule has 0 bridgehead atoms. The van der Waals surface area contributed by atoms with Gasteiger partial charge in [0.25, 0.3) is 0 Å². The number of hydrogen-bond donors (Lipinski definition) is 1. The Morgan fingerprint density at radius 2 is 2.04 bits per heavy atom. The van der Waals surface area contributed by atoms with Crippen molar-refractivity contribution in [2.45, 2.75) is 26.2 Å². The third-order valence-electron chi connectivity index (χ3n) is 5.05. The van der Waals surface area contributed by atoms with Crippen LogP contribution in [0.1, 0.15) is 24.0 Å². The number of nitrogens with zero attached hydrogens (tertiary/aromatic N) is 1. The highest BCUT2D eigenvalue weighted by Crippen LogP contribution is 2.23. The monoisotopic (exact) mass is 352 g/mol. The second kappa shape index (κ2) is 8.75. The maximum Gasteiger partial charge on any atom is 0.220 e. The molecule has 1 unspecified atom stereocenters. The molecular formula is C22H28N2O2.